The number of halogens is 1. The molecule has 0 spiro atoms. The Morgan fingerprint density at radius 1 is 1.00 bits per heavy atom. The molecular formula is C34H31ClN4O3. The van der Waals surface area contributed by atoms with Gasteiger partial charge < -0.3 is 13.7 Å². The quantitative estimate of drug-likeness (QED) is 0.187. The van der Waals surface area contributed by atoms with Gasteiger partial charge in [-0.2, -0.15) is 9.78 Å². The van der Waals surface area contributed by atoms with Crippen LogP contribution in [0.1, 0.15) is 37.7 Å². The van der Waals surface area contributed by atoms with E-state index in [1.807, 2.05) is 68.4 Å². The lowest BCUT2D eigenvalue weighted by molar-refractivity contribution is 0.198. The van der Waals surface area contributed by atoms with Gasteiger partial charge in [0.2, 0.25) is 5.82 Å². The average Bonchev–Trinajstić information content (AvgIpc) is 3.50. The Morgan fingerprint density at radius 2 is 1.76 bits per heavy atom. The number of hydrogen-bond acceptors (Lipinski definition) is 5. The third kappa shape index (κ3) is 5.35. The minimum Gasteiger partial charge on any atom is -0.493 e. The van der Waals surface area contributed by atoms with E-state index in [4.69, 9.17) is 25.7 Å². The van der Waals surface area contributed by atoms with Crippen LogP contribution in [0, 0.1) is 19.3 Å². The molecule has 212 valence electrons. The highest BCUT2D eigenvalue weighted by Gasteiger charge is 2.17. The maximum absolute atomic E-state index is 13.7. The smallest absolute Gasteiger partial charge is 0.282 e. The second-order valence-corrected chi connectivity index (χ2v) is 12.0. The molecule has 0 atom stereocenters. The first-order valence-electron chi connectivity index (χ1n) is 13.8. The van der Waals surface area contributed by atoms with E-state index >= 15 is 0 Å². The van der Waals surface area contributed by atoms with Gasteiger partial charge in [0.15, 0.2) is 5.76 Å². The van der Waals surface area contributed by atoms with Crippen LogP contribution >= 0.6 is 11.6 Å². The fraction of sp³-hybridized carbons (Fsp3) is 0.206. The minimum absolute atomic E-state index is 0.0844. The molecule has 6 rings (SSSR count). The van der Waals surface area contributed by atoms with E-state index in [-0.39, 0.29) is 11.0 Å². The summed E-state index contributed by atoms with van der Waals surface area (Å²) in [6.45, 7) is 11.2. The third-order valence-electron chi connectivity index (χ3n) is 7.00. The fourth-order valence-electron chi connectivity index (χ4n) is 4.94. The van der Waals surface area contributed by atoms with Crippen molar-refractivity contribution in [3.63, 3.8) is 0 Å². The predicted molar refractivity (Wildman–Crippen MR) is 169 cm³/mol. The zero-order chi connectivity index (χ0) is 29.6. The monoisotopic (exact) mass is 578 g/mol. The number of fused-ring (bicyclic) bond motifs is 2. The first-order valence-corrected chi connectivity index (χ1v) is 14.1. The molecule has 6 aromatic rings. The number of aryl methyl sites for hydroxylation is 1. The van der Waals surface area contributed by atoms with E-state index < -0.39 is 0 Å². The summed E-state index contributed by atoms with van der Waals surface area (Å²) in [6.07, 6.45) is 1.69. The van der Waals surface area contributed by atoms with Gasteiger partial charge in [-0.3, -0.25) is 4.79 Å². The number of rotatable bonds is 6. The number of aromatic nitrogens is 3. The number of nitrogens with zero attached hydrogens (tertiary/aromatic N) is 4. The Labute approximate surface area is 248 Å². The molecule has 0 amide bonds. The maximum atomic E-state index is 13.7. The molecule has 0 aliphatic carbocycles. The molecular weight excluding hydrogens is 548 g/mol. The molecule has 3 aromatic heterocycles. The van der Waals surface area contributed by atoms with Gasteiger partial charge in [-0.05, 0) is 86.0 Å². The molecule has 0 bridgehead atoms. The molecule has 0 N–H and O–H groups in total. The van der Waals surface area contributed by atoms with Crippen molar-refractivity contribution < 1.29 is 9.15 Å². The molecule has 0 radical (unpaired) electrons. The topological polar surface area (TPSA) is 74.5 Å². The van der Waals surface area contributed by atoms with E-state index in [0.29, 0.717) is 39.7 Å². The van der Waals surface area contributed by atoms with Crippen LogP contribution in [0.5, 0.6) is 5.75 Å². The van der Waals surface area contributed by atoms with Crippen LogP contribution < -0.4 is 10.3 Å². The predicted octanol–water partition coefficient (Wildman–Crippen LogP) is 8.18. The highest BCUT2D eigenvalue weighted by atomic mass is 35.5. The summed E-state index contributed by atoms with van der Waals surface area (Å²) in [5, 5.41) is 6.54. The van der Waals surface area contributed by atoms with Gasteiger partial charge >= 0.3 is 0 Å². The normalized spacial score (nSPS) is 12.1. The first kappa shape index (κ1) is 27.5. The van der Waals surface area contributed by atoms with Gasteiger partial charge in [0.1, 0.15) is 11.3 Å². The van der Waals surface area contributed by atoms with Gasteiger partial charge in [-0.15, -0.1) is 0 Å². The molecule has 0 aliphatic heterocycles. The molecule has 0 saturated heterocycles. The molecule has 0 unspecified atom stereocenters. The maximum Gasteiger partial charge on any atom is 0.282 e. The van der Waals surface area contributed by atoms with E-state index in [2.05, 4.69) is 30.4 Å². The van der Waals surface area contributed by atoms with E-state index in [1.54, 1.807) is 30.5 Å². The van der Waals surface area contributed by atoms with Gasteiger partial charge in [-0.25, -0.2) is 4.98 Å². The van der Waals surface area contributed by atoms with Gasteiger partial charge in [-0.1, -0.05) is 44.5 Å². The lowest BCUT2D eigenvalue weighted by atomic mass is 9.99. The van der Waals surface area contributed by atoms with E-state index in [0.717, 1.165) is 33.8 Å². The van der Waals surface area contributed by atoms with E-state index in [9.17, 15) is 4.79 Å². The molecule has 7 nitrogen and oxygen atoms in total. The van der Waals surface area contributed by atoms with Crippen LogP contribution in [0.25, 0.3) is 39.1 Å². The van der Waals surface area contributed by atoms with Crippen LogP contribution in [-0.2, 0) is 0 Å². The largest absolute Gasteiger partial charge is 0.493 e. The first-order chi connectivity index (χ1) is 20.1. The molecule has 8 heteroatoms. The highest BCUT2D eigenvalue weighted by Crippen LogP contribution is 2.29. The average molecular weight is 579 g/mol. The van der Waals surface area contributed by atoms with Crippen molar-refractivity contribution in [2.45, 2.75) is 34.6 Å². The molecule has 0 aliphatic rings. The number of benzene rings is 3. The Hall–Kier alpha value is -4.62. The fourth-order valence-corrected chi connectivity index (χ4v) is 5.12. The summed E-state index contributed by atoms with van der Waals surface area (Å²) in [7, 11) is 0. The number of hydrogen-bond donors (Lipinski definition) is 0. The lowest BCUT2D eigenvalue weighted by Gasteiger charge is -2.19. The summed E-state index contributed by atoms with van der Waals surface area (Å²) < 4.78 is 15.5. The second kappa shape index (κ2) is 10.7. The van der Waals surface area contributed by atoms with Crippen LogP contribution in [0.4, 0.5) is 0 Å². The summed E-state index contributed by atoms with van der Waals surface area (Å²) in [5.41, 5.74) is 4.92. The SMILES string of the molecule is Cc1cc(C=Nn2c(-c3cc4cc(Cl)ccc4o3)nc3ccccc3c2=O)c(C)n1-c1ccc(OCC(C)(C)C)cc1. The number of ether oxygens (including phenoxy) is 1. The van der Waals surface area contributed by atoms with Crippen molar-refractivity contribution in [1.29, 1.82) is 0 Å². The molecule has 3 heterocycles. The molecule has 3 aromatic carbocycles. The summed E-state index contributed by atoms with van der Waals surface area (Å²) >= 11 is 6.19. The third-order valence-corrected chi connectivity index (χ3v) is 7.24. The molecule has 0 fully saturated rings. The van der Waals surface area contributed by atoms with Crippen LogP contribution in [0.3, 0.4) is 0 Å². The van der Waals surface area contributed by atoms with Crippen LogP contribution in [-0.4, -0.2) is 27.0 Å². The zero-order valence-corrected chi connectivity index (χ0v) is 24.9. The van der Waals surface area contributed by atoms with Crippen molar-refractivity contribution in [1.82, 2.24) is 14.2 Å². The van der Waals surface area contributed by atoms with Gasteiger partial charge in [0.25, 0.3) is 5.56 Å². The van der Waals surface area contributed by atoms with Crippen LogP contribution in [0.2, 0.25) is 5.02 Å². The second-order valence-electron chi connectivity index (χ2n) is 11.6. The van der Waals surface area contributed by atoms with Crippen molar-refractivity contribution in [2.75, 3.05) is 6.61 Å². The number of furan rings is 1. The zero-order valence-electron chi connectivity index (χ0n) is 24.2. The van der Waals surface area contributed by atoms with Crippen molar-refractivity contribution in [3.8, 4) is 23.0 Å². The Kier molecular flexibility index (Phi) is 6.99. The standard InChI is InChI=1S/C34H31ClN4O3/c1-21-16-24(22(2)38(21)26-11-13-27(14-12-26)41-20-34(3,4)5)19-36-39-32(37-29-9-7-6-8-28(29)33(39)40)31-18-23-17-25(35)10-15-30(23)42-31/h6-19H,20H2,1-5H3. The molecule has 0 saturated carbocycles. The Morgan fingerprint density at radius 3 is 2.52 bits per heavy atom. The van der Waals surface area contributed by atoms with Crippen molar-refractivity contribution in [3.05, 3.63) is 111 Å². The summed E-state index contributed by atoms with van der Waals surface area (Å²) in [6, 6.07) is 24.5. The lowest BCUT2D eigenvalue weighted by Crippen LogP contribution is -2.20. The van der Waals surface area contributed by atoms with Crippen molar-refractivity contribution >= 4 is 39.7 Å². The number of para-hydroxylation sites is 1. The minimum atomic E-state index is -0.287. The van der Waals surface area contributed by atoms with E-state index in [1.165, 1.54) is 4.68 Å². The van der Waals surface area contributed by atoms with Gasteiger partial charge in [0, 0.05) is 33.0 Å². The summed E-state index contributed by atoms with van der Waals surface area (Å²) in [5.74, 6) is 1.56. The molecule has 42 heavy (non-hydrogen) atoms. The highest BCUT2D eigenvalue weighted by molar-refractivity contribution is 6.31. The Balaban J connectivity index is 1.39. The summed E-state index contributed by atoms with van der Waals surface area (Å²) in [4.78, 5) is 18.4. The van der Waals surface area contributed by atoms with Crippen LogP contribution in [0.15, 0.2) is 93.2 Å². The Bertz CT molecular complexity index is 2030. The van der Waals surface area contributed by atoms with Gasteiger partial charge in [0.05, 0.1) is 23.7 Å². The van der Waals surface area contributed by atoms with Crippen molar-refractivity contribution in [2.24, 2.45) is 10.5 Å².